The first kappa shape index (κ1) is 13.6. The van der Waals surface area contributed by atoms with Gasteiger partial charge in [0.2, 0.25) is 0 Å². The number of rotatable bonds is 5. The molecule has 1 nitrogen and oxygen atoms in total. The molecule has 0 saturated carbocycles. The minimum Gasteiger partial charge on any atom is -0.305 e. The summed E-state index contributed by atoms with van der Waals surface area (Å²) < 4.78 is 0. The molecule has 0 bridgehead atoms. The molecule has 3 heteroatoms. The molecule has 0 spiro atoms. The Balaban J connectivity index is 1.96. The van der Waals surface area contributed by atoms with Crippen molar-refractivity contribution in [3.63, 3.8) is 0 Å². The zero-order chi connectivity index (χ0) is 13.0. The van der Waals surface area contributed by atoms with E-state index < -0.39 is 0 Å². The lowest BCUT2D eigenvalue weighted by Gasteiger charge is -2.12. The normalized spacial score (nSPS) is 12.6. The van der Waals surface area contributed by atoms with E-state index in [0.717, 1.165) is 23.6 Å². The number of benzene rings is 1. The van der Waals surface area contributed by atoms with Crippen LogP contribution in [0.2, 0.25) is 5.02 Å². The molecule has 1 aromatic carbocycles. The maximum atomic E-state index is 6.14. The summed E-state index contributed by atoms with van der Waals surface area (Å²) in [5.74, 6) is 0. The van der Waals surface area contributed by atoms with Gasteiger partial charge in [-0.1, -0.05) is 36.7 Å². The average molecular weight is 280 g/mol. The summed E-state index contributed by atoms with van der Waals surface area (Å²) >= 11 is 8.03. The Labute approximate surface area is 118 Å². The minimum atomic E-state index is 0.367. The molecule has 1 N–H and O–H groups in total. The molecule has 0 saturated heterocycles. The van der Waals surface area contributed by atoms with Crippen LogP contribution in [0.3, 0.4) is 0 Å². The molecular weight excluding hydrogens is 262 g/mol. The second-order valence-electron chi connectivity index (χ2n) is 4.35. The molecule has 18 heavy (non-hydrogen) atoms. The number of aryl methyl sites for hydroxylation is 1. The summed E-state index contributed by atoms with van der Waals surface area (Å²) in [7, 11) is 0. The van der Waals surface area contributed by atoms with E-state index in [-0.39, 0.29) is 0 Å². The highest BCUT2D eigenvalue weighted by molar-refractivity contribution is 7.12. The number of thiophene rings is 1. The van der Waals surface area contributed by atoms with Crippen molar-refractivity contribution in [1.29, 1.82) is 0 Å². The maximum absolute atomic E-state index is 6.14. The predicted molar refractivity (Wildman–Crippen MR) is 80.4 cm³/mol. The zero-order valence-electron chi connectivity index (χ0n) is 10.7. The summed E-state index contributed by atoms with van der Waals surface area (Å²) in [6, 6.07) is 12.8. The molecule has 0 amide bonds. The summed E-state index contributed by atoms with van der Waals surface area (Å²) in [6.07, 6.45) is 1.11. The van der Waals surface area contributed by atoms with E-state index in [1.54, 1.807) is 0 Å². The Morgan fingerprint density at radius 1 is 1.22 bits per heavy atom. The van der Waals surface area contributed by atoms with Gasteiger partial charge in [-0.05, 0) is 37.1 Å². The van der Waals surface area contributed by atoms with Crippen LogP contribution in [0.25, 0.3) is 0 Å². The van der Waals surface area contributed by atoms with E-state index in [1.807, 2.05) is 29.5 Å². The lowest BCUT2D eigenvalue weighted by Crippen LogP contribution is -2.17. The van der Waals surface area contributed by atoms with Crippen LogP contribution in [0.5, 0.6) is 0 Å². The van der Waals surface area contributed by atoms with Crippen LogP contribution in [0.15, 0.2) is 36.4 Å². The van der Waals surface area contributed by atoms with Gasteiger partial charge in [0.15, 0.2) is 0 Å². The fourth-order valence-electron chi connectivity index (χ4n) is 1.82. The average Bonchev–Trinajstić information content (AvgIpc) is 2.86. The monoisotopic (exact) mass is 279 g/mol. The fraction of sp³-hybridized carbons (Fsp3) is 0.333. The molecule has 0 aliphatic rings. The molecule has 0 aliphatic carbocycles. The SMILES string of the molecule is CCc1ccc(C(C)NCc2ccccc2Cl)s1. The number of hydrogen-bond acceptors (Lipinski definition) is 2. The standard InChI is InChI=1S/C15H18ClNS/c1-3-13-8-9-15(18-13)11(2)17-10-12-6-4-5-7-14(12)16/h4-9,11,17H,3,10H2,1-2H3. The van der Waals surface area contributed by atoms with Crippen LogP contribution in [-0.2, 0) is 13.0 Å². The lowest BCUT2D eigenvalue weighted by molar-refractivity contribution is 0.583. The number of hydrogen-bond donors (Lipinski definition) is 1. The Morgan fingerprint density at radius 2 is 2.00 bits per heavy atom. The van der Waals surface area contributed by atoms with Gasteiger partial charge in [-0.3, -0.25) is 0 Å². The maximum Gasteiger partial charge on any atom is 0.0450 e. The van der Waals surface area contributed by atoms with Crippen LogP contribution < -0.4 is 5.32 Å². The van der Waals surface area contributed by atoms with Crippen LogP contribution >= 0.6 is 22.9 Å². The summed E-state index contributed by atoms with van der Waals surface area (Å²) in [6.45, 7) is 5.19. The largest absolute Gasteiger partial charge is 0.305 e. The van der Waals surface area contributed by atoms with Gasteiger partial charge < -0.3 is 5.32 Å². The van der Waals surface area contributed by atoms with E-state index in [0.29, 0.717) is 6.04 Å². The van der Waals surface area contributed by atoms with Crippen molar-refractivity contribution in [3.8, 4) is 0 Å². The number of nitrogens with one attached hydrogen (secondary N) is 1. The van der Waals surface area contributed by atoms with Crippen LogP contribution in [0.4, 0.5) is 0 Å². The highest BCUT2D eigenvalue weighted by Gasteiger charge is 2.08. The molecule has 1 aromatic heterocycles. The highest BCUT2D eigenvalue weighted by Crippen LogP contribution is 2.24. The van der Waals surface area contributed by atoms with Crippen LogP contribution in [-0.4, -0.2) is 0 Å². The van der Waals surface area contributed by atoms with Crippen molar-refractivity contribution in [1.82, 2.24) is 5.32 Å². The third kappa shape index (κ3) is 3.35. The van der Waals surface area contributed by atoms with Crippen molar-refractivity contribution in [3.05, 3.63) is 56.7 Å². The van der Waals surface area contributed by atoms with Gasteiger partial charge in [0, 0.05) is 27.4 Å². The second kappa shape index (κ2) is 6.37. The summed E-state index contributed by atoms with van der Waals surface area (Å²) in [5.41, 5.74) is 1.15. The van der Waals surface area contributed by atoms with Gasteiger partial charge in [0.1, 0.15) is 0 Å². The molecule has 0 radical (unpaired) electrons. The topological polar surface area (TPSA) is 12.0 Å². The molecule has 1 unspecified atom stereocenters. The van der Waals surface area contributed by atoms with Gasteiger partial charge >= 0.3 is 0 Å². The van der Waals surface area contributed by atoms with Crippen LogP contribution in [0, 0.1) is 0 Å². The van der Waals surface area contributed by atoms with Crippen molar-refractivity contribution in [2.45, 2.75) is 32.9 Å². The van der Waals surface area contributed by atoms with E-state index in [1.165, 1.54) is 9.75 Å². The number of halogens is 1. The predicted octanol–water partition coefficient (Wildman–Crippen LogP) is 4.81. The van der Waals surface area contributed by atoms with E-state index in [4.69, 9.17) is 11.6 Å². The Morgan fingerprint density at radius 3 is 2.67 bits per heavy atom. The molecule has 1 atom stereocenters. The molecule has 2 rings (SSSR count). The molecule has 96 valence electrons. The summed E-state index contributed by atoms with van der Waals surface area (Å²) in [4.78, 5) is 2.83. The first-order chi connectivity index (χ1) is 8.70. The van der Waals surface area contributed by atoms with E-state index in [9.17, 15) is 0 Å². The molecule has 0 fully saturated rings. The van der Waals surface area contributed by atoms with Gasteiger partial charge in [0.05, 0.1) is 0 Å². The van der Waals surface area contributed by atoms with Crippen LogP contribution in [0.1, 0.15) is 35.2 Å². The van der Waals surface area contributed by atoms with Crippen molar-refractivity contribution >= 4 is 22.9 Å². The highest BCUT2D eigenvalue weighted by atomic mass is 35.5. The van der Waals surface area contributed by atoms with Crippen molar-refractivity contribution in [2.24, 2.45) is 0 Å². The van der Waals surface area contributed by atoms with Crippen molar-refractivity contribution in [2.75, 3.05) is 0 Å². The third-order valence-corrected chi connectivity index (χ3v) is 4.80. The van der Waals surface area contributed by atoms with E-state index >= 15 is 0 Å². The zero-order valence-corrected chi connectivity index (χ0v) is 12.3. The smallest absolute Gasteiger partial charge is 0.0450 e. The molecule has 2 aromatic rings. The molecular formula is C15H18ClNS. The Hall–Kier alpha value is -0.830. The quantitative estimate of drug-likeness (QED) is 0.828. The first-order valence-electron chi connectivity index (χ1n) is 6.26. The summed E-state index contributed by atoms with van der Waals surface area (Å²) in [5, 5.41) is 4.35. The first-order valence-corrected chi connectivity index (χ1v) is 7.45. The molecule has 1 heterocycles. The van der Waals surface area contributed by atoms with E-state index in [2.05, 4.69) is 37.4 Å². The Kier molecular flexibility index (Phi) is 4.81. The van der Waals surface area contributed by atoms with Gasteiger partial charge in [0.25, 0.3) is 0 Å². The fourth-order valence-corrected chi connectivity index (χ4v) is 3.00. The molecule has 0 aliphatic heterocycles. The Bertz CT molecular complexity index is 507. The third-order valence-electron chi connectivity index (χ3n) is 3.01. The van der Waals surface area contributed by atoms with Crippen molar-refractivity contribution < 1.29 is 0 Å². The van der Waals surface area contributed by atoms with Gasteiger partial charge in [-0.25, -0.2) is 0 Å². The van der Waals surface area contributed by atoms with Gasteiger partial charge in [-0.2, -0.15) is 0 Å². The lowest BCUT2D eigenvalue weighted by atomic mass is 10.2. The minimum absolute atomic E-state index is 0.367. The second-order valence-corrected chi connectivity index (χ2v) is 5.96. The van der Waals surface area contributed by atoms with Gasteiger partial charge in [-0.15, -0.1) is 11.3 Å².